The Hall–Kier alpha value is -3.12. The van der Waals surface area contributed by atoms with Crippen LogP contribution in [-0.2, 0) is 9.59 Å². The Morgan fingerprint density at radius 1 is 0.903 bits per heavy atom. The van der Waals surface area contributed by atoms with Crippen molar-refractivity contribution in [2.24, 2.45) is 0 Å². The van der Waals surface area contributed by atoms with Gasteiger partial charge < -0.3 is 14.5 Å². The molecule has 0 saturated carbocycles. The number of carbonyl (C=O) groups excluding carboxylic acids is 2. The minimum Gasteiger partial charge on any atom is -0.495 e. The van der Waals surface area contributed by atoms with Crippen LogP contribution in [0.1, 0.15) is 23.6 Å². The van der Waals surface area contributed by atoms with Crippen molar-refractivity contribution in [1.29, 1.82) is 0 Å². The summed E-state index contributed by atoms with van der Waals surface area (Å²) in [5.41, 5.74) is 4.48. The van der Waals surface area contributed by atoms with Crippen molar-refractivity contribution >= 4 is 23.1 Å². The van der Waals surface area contributed by atoms with Crippen LogP contribution in [0.25, 0.3) is 5.57 Å². The number of amides is 2. The van der Waals surface area contributed by atoms with Gasteiger partial charge in [0, 0.05) is 26.2 Å². The number of methoxy groups -OCH3 is 1. The number of carbonyl (C=O) groups is 2. The van der Waals surface area contributed by atoms with Crippen LogP contribution in [0.2, 0.25) is 0 Å². The van der Waals surface area contributed by atoms with Gasteiger partial charge in [-0.25, -0.2) is 4.90 Å². The molecule has 2 aromatic carbocycles. The summed E-state index contributed by atoms with van der Waals surface area (Å²) >= 11 is 0. The van der Waals surface area contributed by atoms with Gasteiger partial charge in [0.05, 0.1) is 18.4 Å². The summed E-state index contributed by atoms with van der Waals surface area (Å²) in [6.07, 6.45) is 0. The fourth-order valence-corrected chi connectivity index (χ4v) is 4.29. The molecular formula is C25H29N3O3. The molecule has 4 rings (SSSR count). The molecule has 2 aromatic rings. The summed E-state index contributed by atoms with van der Waals surface area (Å²) in [6.45, 7) is 10.4. The first kappa shape index (κ1) is 21.1. The van der Waals surface area contributed by atoms with Crippen LogP contribution in [0.4, 0.5) is 5.69 Å². The van der Waals surface area contributed by atoms with Gasteiger partial charge in [-0.05, 0) is 49.2 Å². The molecule has 0 radical (unpaired) electrons. The zero-order valence-corrected chi connectivity index (χ0v) is 18.6. The van der Waals surface area contributed by atoms with Crippen LogP contribution in [0.3, 0.4) is 0 Å². The molecule has 0 aliphatic carbocycles. The zero-order chi connectivity index (χ0) is 22.1. The lowest BCUT2D eigenvalue weighted by molar-refractivity contribution is -0.120. The van der Waals surface area contributed by atoms with Gasteiger partial charge in [-0.2, -0.15) is 0 Å². The van der Waals surface area contributed by atoms with Crippen LogP contribution < -0.4 is 9.64 Å². The Morgan fingerprint density at radius 3 is 2.26 bits per heavy atom. The molecule has 0 unspecified atom stereocenters. The largest absolute Gasteiger partial charge is 0.495 e. The number of anilines is 1. The van der Waals surface area contributed by atoms with E-state index < -0.39 is 0 Å². The Labute approximate surface area is 183 Å². The van der Waals surface area contributed by atoms with Gasteiger partial charge in [-0.1, -0.05) is 37.3 Å². The molecule has 1 saturated heterocycles. The molecule has 2 heterocycles. The van der Waals surface area contributed by atoms with Crippen LogP contribution in [0, 0.1) is 13.8 Å². The van der Waals surface area contributed by atoms with E-state index in [1.54, 1.807) is 19.2 Å². The zero-order valence-electron chi connectivity index (χ0n) is 18.6. The molecule has 1 fully saturated rings. The second-order valence-corrected chi connectivity index (χ2v) is 8.06. The number of ether oxygens (including phenoxy) is 1. The molecule has 0 atom stereocenters. The van der Waals surface area contributed by atoms with Crippen molar-refractivity contribution in [3.05, 3.63) is 64.9 Å². The number of benzene rings is 2. The molecule has 2 aliphatic rings. The third-order valence-corrected chi connectivity index (χ3v) is 6.32. The minimum absolute atomic E-state index is 0.285. The molecule has 0 bridgehead atoms. The second-order valence-electron chi connectivity index (χ2n) is 8.06. The van der Waals surface area contributed by atoms with E-state index >= 15 is 0 Å². The Balaban J connectivity index is 1.82. The highest BCUT2D eigenvalue weighted by molar-refractivity contribution is 6.45. The van der Waals surface area contributed by atoms with Crippen LogP contribution >= 0.6 is 0 Å². The number of imide groups is 1. The third-order valence-electron chi connectivity index (χ3n) is 6.32. The molecule has 0 N–H and O–H groups in total. The minimum atomic E-state index is -0.300. The van der Waals surface area contributed by atoms with Gasteiger partial charge in [0.1, 0.15) is 11.4 Å². The topological polar surface area (TPSA) is 53.1 Å². The number of likely N-dealkylation sites (N-methyl/N-ethyl adjacent to an activating group) is 1. The number of hydrogen-bond acceptors (Lipinski definition) is 5. The van der Waals surface area contributed by atoms with Crippen LogP contribution in [-0.4, -0.2) is 61.4 Å². The Kier molecular flexibility index (Phi) is 5.83. The lowest BCUT2D eigenvalue weighted by Gasteiger charge is -2.36. The van der Waals surface area contributed by atoms with Gasteiger partial charge in [0.2, 0.25) is 0 Å². The maximum atomic E-state index is 13.7. The quantitative estimate of drug-likeness (QED) is 0.697. The third kappa shape index (κ3) is 3.72. The number of piperazine rings is 1. The summed E-state index contributed by atoms with van der Waals surface area (Å²) in [4.78, 5) is 33.1. The van der Waals surface area contributed by atoms with Gasteiger partial charge in [-0.3, -0.25) is 9.59 Å². The van der Waals surface area contributed by atoms with Gasteiger partial charge in [-0.15, -0.1) is 0 Å². The molecule has 6 heteroatoms. The standard InChI is InChI=1S/C25H29N3O3/c1-5-26-12-14-27(15-13-26)23-22(19-11-10-17(2)18(3)16-19)24(29)28(25(23)30)20-8-6-7-9-21(20)31-4/h6-11,16H,5,12-15H2,1-4H3. The SMILES string of the molecule is CCN1CCN(C2=C(c3ccc(C)c(C)c3)C(=O)N(c3ccccc3OC)C2=O)CC1. The molecule has 0 aromatic heterocycles. The molecule has 162 valence electrons. The predicted octanol–water partition coefficient (Wildman–Crippen LogP) is 3.23. The van der Waals surface area contributed by atoms with Crippen LogP contribution in [0.15, 0.2) is 48.2 Å². The summed E-state index contributed by atoms with van der Waals surface area (Å²) < 4.78 is 5.45. The van der Waals surface area contributed by atoms with Crippen molar-refractivity contribution in [2.45, 2.75) is 20.8 Å². The monoisotopic (exact) mass is 419 g/mol. The average molecular weight is 420 g/mol. The fraction of sp³-hybridized carbons (Fsp3) is 0.360. The van der Waals surface area contributed by atoms with Crippen LogP contribution in [0.5, 0.6) is 5.75 Å². The van der Waals surface area contributed by atoms with Gasteiger partial charge in [0.15, 0.2) is 0 Å². The van der Waals surface area contributed by atoms with Crippen molar-refractivity contribution in [1.82, 2.24) is 9.80 Å². The highest BCUT2D eigenvalue weighted by Crippen LogP contribution is 2.39. The number of hydrogen-bond donors (Lipinski definition) is 0. The van der Waals surface area contributed by atoms with E-state index in [-0.39, 0.29) is 11.8 Å². The van der Waals surface area contributed by atoms with Crippen molar-refractivity contribution < 1.29 is 14.3 Å². The first-order chi connectivity index (χ1) is 15.0. The molecular weight excluding hydrogens is 390 g/mol. The van der Waals surface area contributed by atoms with Gasteiger partial charge >= 0.3 is 0 Å². The van der Waals surface area contributed by atoms with E-state index in [0.29, 0.717) is 22.7 Å². The normalized spacial score (nSPS) is 17.7. The predicted molar refractivity (Wildman–Crippen MR) is 122 cm³/mol. The van der Waals surface area contributed by atoms with Gasteiger partial charge in [0.25, 0.3) is 11.8 Å². The summed E-state index contributed by atoms with van der Waals surface area (Å²) in [7, 11) is 1.55. The van der Waals surface area contributed by atoms with E-state index in [0.717, 1.165) is 49.4 Å². The van der Waals surface area contributed by atoms with E-state index in [2.05, 4.69) is 16.7 Å². The summed E-state index contributed by atoms with van der Waals surface area (Å²) in [5.74, 6) is -0.0842. The number of para-hydroxylation sites is 2. The van der Waals surface area contributed by atoms with E-state index in [1.165, 1.54) is 4.90 Å². The summed E-state index contributed by atoms with van der Waals surface area (Å²) in [6, 6.07) is 13.1. The fourth-order valence-electron chi connectivity index (χ4n) is 4.29. The number of rotatable bonds is 5. The highest BCUT2D eigenvalue weighted by Gasteiger charge is 2.43. The average Bonchev–Trinajstić information content (AvgIpc) is 3.05. The van der Waals surface area contributed by atoms with Crippen molar-refractivity contribution in [2.75, 3.05) is 44.7 Å². The summed E-state index contributed by atoms with van der Waals surface area (Å²) in [5, 5.41) is 0. The van der Waals surface area contributed by atoms with E-state index in [1.807, 2.05) is 44.2 Å². The molecule has 0 spiro atoms. The second kappa shape index (κ2) is 8.55. The Morgan fingerprint density at radius 2 is 1.61 bits per heavy atom. The maximum absolute atomic E-state index is 13.7. The first-order valence-corrected chi connectivity index (χ1v) is 10.8. The maximum Gasteiger partial charge on any atom is 0.282 e. The van der Waals surface area contributed by atoms with E-state index in [4.69, 9.17) is 4.74 Å². The molecule has 6 nitrogen and oxygen atoms in total. The molecule has 31 heavy (non-hydrogen) atoms. The Bertz CT molecular complexity index is 1050. The lowest BCUT2D eigenvalue weighted by Crippen LogP contribution is -2.47. The molecule has 2 aliphatic heterocycles. The number of aryl methyl sites for hydroxylation is 2. The van der Waals surface area contributed by atoms with E-state index in [9.17, 15) is 9.59 Å². The smallest absolute Gasteiger partial charge is 0.282 e. The van der Waals surface area contributed by atoms with Crippen molar-refractivity contribution in [3.63, 3.8) is 0 Å². The first-order valence-electron chi connectivity index (χ1n) is 10.8. The number of nitrogens with zero attached hydrogens (tertiary/aromatic N) is 3. The van der Waals surface area contributed by atoms with Crippen molar-refractivity contribution in [3.8, 4) is 5.75 Å². The lowest BCUT2D eigenvalue weighted by atomic mass is 9.99. The molecule has 2 amide bonds. The highest BCUT2D eigenvalue weighted by atomic mass is 16.5.